The van der Waals surface area contributed by atoms with Crippen molar-refractivity contribution in [3.8, 4) is 5.75 Å². The van der Waals surface area contributed by atoms with Crippen LogP contribution in [-0.4, -0.2) is 54.4 Å². The van der Waals surface area contributed by atoms with E-state index < -0.39 is 0 Å². The van der Waals surface area contributed by atoms with Crippen molar-refractivity contribution in [2.45, 2.75) is 37.9 Å². The molecular formula is C21H25N3O4. The number of carbonyl (C=O) groups excluding carboxylic acids is 1. The molecule has 1 aromatic heterocycles. The normalized spacial score (nSPS) is 20.5. The van der Waals surface area contributed by atoms with E-state index in [4.69, 9.17) is 14.2 Å². The van der Waals surface area contributed by atoms with Gasteiger partial charge in [0.05, 0.1) is 26.9 Å². The van der Waals surface area contributed by atoms with Crippen LogP contribution in [0.15, 0.2) is 18.2 Å². The minimum absolute atomic E-state index is 0.0195. The fraction of sp³-hybridized carbons (Fsp3) is 0.524. The summed E-state index contributed by atoms with van der Waals surface area (Å²) in [7, 11) is 1.71. The van der Waals surface area contributed by atoms with E-state index in [1.165, 1.54) is 11.1 Å². The Kier molecular flexibility index (Phi) is 4.36. The molecule has 28 heavy (non-hydrogen) atoms. The molecule has 0 bridgehead atoms. The summed E-state index contributed by atoms with van der Waals surface area (Å²) < 4.78 is 17.5. The van der Waals surface area contributed by atoms with E-state index in [1.54, 1.807) is 7.11 Å². The molecule has 3 aliphatic rings. The minimum Gasteiger partial charge on any atom is -0.496 e. The molecule has 1 N–H and O–H groups in total. The zero-order valence-corrected chi connectivity index (χ0v) is 16.1. The smallest absolute Gasteiger partial charge is 0.274 e. The number of carbonyl (C=O) groups is 1. The largest absolute Gasteiger partial charge is 0.496 e. The maximum Gasteiger partial charge on any atom is 0.274 e. The van der Waals surface area contributed by atoms with Crippen molar-refractivity contribution in [2.24, 2.45) is 0 Å². The topological polar surface area (TPSA) is 76.7 Å². The lowest BCUT2D eigenvalue weighted by molar-refractivity contribution is -0.0947. The Hall–Kier alpha value is -2.38. The molecule has 0 atom stereocenters. The summed E-state index contributed by atoms with van der Waals surface area (Å²) in [5.74, 6) is 0.865. The van der Waals surface area contributed by atoms with Crippen molar-refractivity contribution in [1.29, 1.82) is 0 Å². The van der Waals surface area contributed by atoms with Crippen molar-refractivity contribution in [2.75, 3.05) is 33.4 Å². The van der Waals surface area contributed by atoms with E-state index >= 15 is 0 Å². The number of nitrogens with one attached hydrogen (secondary N) is 1. The molecule has 0 aliphatic carbocycles. The Balaban J connectivity index is 1.38. The van der Waals surface area contributed by atoms with Gasteiger partial charge in [0.25, 0.3) is 5.91 Å². The van der Waals surface area contributed by atoms with Gasteiger partial charge in [-0.1, -0.05) is 12.1 Å². The number of fused-ring (bicyclic) bond motifs is 3. The average molecular weight is 383 g/mol. The maximum atomic E-state index is 13.1. The molecule has 7 nitrogen and oxygen atoms in total. The SMILES string of the molecule is COc1cccc2c1C1(CCN(C(=O)c3n[nH]c4c3COCC4)CC1)OCC2. The van der Waals surface area contributed by atoms with Crippen LogP contribution in [0, 0.1) is 0 Å². The number of hydrogen-bond acceptors (Lipinski definition) is 5. The highest BCUT2D eigenvalue weighted by Gasteiger charge is 2.44. The van der Waals surface area contributed by atoms with Gasteiger partial charge in [0.15, 0.2) is 5.69 Å². The number of rotatable bonds is 2. The van der Waals surface area contributed by atoms with Crippen molar-refractivity contribution in [1.82, 2.24) is 15.1 Å². The van der Waals surface area contributed by atoms with Gasteiger partial charge in [0.2, 0.25) is 0 Å². The van der Waals surface area contributed by atoms with Gasteiger partial charge in [0.1, 0.15) is 11.4 Å². The molecule has 1 amide bonds. The summed E-state index contributed by atoms with van der Waals surface area (Å²) in [5.41, 5.74) is 4.54. The van der Waals surface area contributed by atoms with Crippen LogP contribution in [0.3, 0.4) is 0 Å². The van der Waals surface area contributed by atoms with Gasteiger partial charge < -0.3 is 19.1 Å². The first kappa shape index (κ1) is 17.7. The van der Waals surface area contributed by atoms with Gasteiger partial charge in [-0.05, 0) is 30.9 Å². The number of aromatic amines is 1. The number of aromatic nitrogens is 2. The highest BCUT2D eigenvalue weighted by atomic mass is 16.5. The molecule has 0 saturated carbocycles. The van der Waals surface area contributed by atoms with Crippen LogP contribution >= 0.6 is 0 Å². The van der Waals surface area contributed by atoms with Gasteiger partial charge in [0, 0.05) is 36.3 Å². The molecule has 1 saturated heterocycles. The molecule has 0 unspecified atom stereocenters. The Bertz CT molecular complexity index is 885. The van der Waals surface area contributed by atoms with Crippen LogP contribution in [0.2, 0.25) is 0 Å². The molecule has 5 rings (SSSR count). The van der Waals surface area contributed by atoms with Crippen molar-refractivity contribution >= 4 is 5.91 Å². The Morgan fingerprint density at radius 3 is 2.93 bits per heavy atom. The van der Waals surface area contributed by atoms with E-state index in [-0.39, 0.29) is 11.5 Å². The Morgan fingerprint density at radius 2 is 2.11 bits per heavy atom. The second kappa shape index (κ2) is 6.90. The second-order valence-electron chi connectivity index (χ2n) is 7.71. The summed E-state index contributed by atoms with van der Waals surface area (Å²) in [6.45, 7) is 3.11. The summed E-state index contributed by atoms with van der Waals surface area (Å²) >= 11 is 0. The molecule has 3 aliphatic heterocycles. The average Bonchev–Trinajstić information content (AvgIpc) is 3.18. The number of H-pyrrole nitrogens is 1. The third-order valence-corrected chi connectivity index (χ3v) is 6.29. The van der Waals surface area contributed by atoms with Crippen molar-refractivity contribution in [3.05, 3.63) is 46.3 Å². The standard InChI is InChI=1S/C21H25N3O4/c1-26-17-4-2-3-14-5-12-28-21(18(14)17)7-9-24(10-8-21)20(25)19-15-13-27-11-6-16(15)22-23-19/h2-4H,5-13H2,1H3,(H,22,23). The highest BCUT2D eigenvalue weighted by Crippen LogP contribution is 2.46. The molecular weight excluding hydrogens is 358 g/mol. The van der Waals surface area contributed by atoms with Gasteiger partial charge >= 0.3 is 0 Å². The molecule has 7 heteroatoms. The highest BCUT2D eigenvalue weighted by molar-refractivity contribution is 5.94. The van der Waals surface area contributed by atoms with Gasteiger partial charge in [-0.15, -0.1) is 0 Å². The number of methoxy groups -OCH3 is 1. The lowest BCUT2D eigenvalue weighted by Crippen LogP contribution is -2.48. The number of nitrogens with zero attached hydrogens (tertiary/aromatic N) is 2. The van der Waals surface area contributed by atoms with Gasteiger partial charge in [-0.2, -0.15) is 5.10 Å². The quantitative estimate of drug-likeness (QED) is 0.860. The first-order chi connectivity index (χ1) is 13.7. The minimum atomic E-state index is -0.370. The second-order valence-corrected chi connectivity index (χ2v) is 7.71. The predicted octanol–water partition coefficient (Wildman–Crippen LogP) is 2.20. The van der Waals surface area contributed by atoms with Crippen LogP contribution in [0.5, 0.6) is 5.75 Å². The Labute approximate surface area is 164 Å². The summed E-state index contributed by atoms with van der Waals surface area (Å²) in [5, 5.41) is 7.31. The molecule has 1 aromatic carbocycles. The van der Waals surface area contributed by atoms with E-state index in [9.17, 15) is 4.79 Å². The van der Waals surface area contributed by atoms with Crippen LogP contribution in [0.4, 0.5) is 0 Å². The number of ether oxygens (including phenoxy) is 3. The monoisotopic (exact) mass is 383 g/mol. The number of hydrogen-bond donors (Lipinski definition) is 1. The van der Waals surface area contributed by atoms with Crippen LogP contribution in [-0.2, 0) is 34.5 Å². The Morgan fingerprint density at radius 1 is 1.25 bits per heavy atom. The van der Waals surface area contributed by atoms with Gasteiger partial charge in [-0.25, -0.2) is 0 Å². The van der Waals surface area contributed by atoms with E-state index in [2.05, 4.69) is 16.3 Å². The lowest BCUT2D eigenvalue weighted by Gasteiger charge is -2.45. The third-order valence-electron chi connectivity index (χ3n) is 6.29. The summed E-state index contributed by atoms with van der Waals surface area (Å²) in [6.07, 6.45) is 3.20. The van der Waals surface area contributed by atoms with Crippen LogP contribution in [0.25, 0.3) is 0 Å². The van der Waals surface area contributed by atoms with E-state index in [0.717, 1.165) is 42.7 Å². The van der Waals surface area contributed by atoms with Crippen molar-refractivity contribution < 1.29 is 19.0 Å². The van der Waals surface area contributed by atoms with Crippen LogP contribution < -0.4 is 4.74 Å². The number of benzene rings is 1. The number of likely N-dealkylation sites (tertiary alicyclic amines) is 1. The van der Waals surface area contributed by atoms with E-state index in [1.807, 2.05) is 17.0 Å². The van der Waals surface area contributed by atoms with Gasteiger partial charge in [-0.3, -0.25) is 9.89 Å². The molecule has 2 aromatic rings. The molecule has 0 radical (unpaired) electrons. The summed E-state index contributed by atoms with van der Waals surface area (Å²) in [6, 6.07) is 6.20. The zero-order valence-electron chi connectivity index (χ0n) is 16.1. The fourth-order valence-corrected chi connectivity index (χ4v) is 4.80. The maximum absolute atomic E-state index is 13.1. The van der Waals surface area contributed by atoms with E-state index in [0.29, 0.717) is 38.6 Å². The van der Waals surface area contributed by atoms with Crippen LogP contribution in [0.1, 0.15) is 45.7 Å². The first-order valence-corrected chi connectivity index (χ1v) is 9.95. The number of piperidine rings is 1. The zero-order chi connectivity index (χ0) is 19.1. The lowest BCUT2D eigenvalue weighted by atomic mass is 9.78. The molecule has 1 spiro atoms. The van der Waals surface area contributed by atoms with Crippen molar-refractivity contribution in [3.63, 3.8) is 0 Å². The predicted molar refractivity (Wildman–Crippen MR) is 101 cm³/mol. The first-order valence-electron chi connectivity index (χ1n) is 9.95. The molecule has 4 heterocycles. The molecule has 1 fully saturated rings. The fourth-order valence-electron chi connectivity index (χ4n) is 4.80. The number of amides is 1. The summed E-state index contributed by atoms with van der Waals surface area (Å²) in [4.78, 5) is 15.0. The third kappa shape index (κ3) is 2.72. The molecule has 148 valence electrons.